The molecule has 0 saturated heterocycles. The Labute approximate surface area is 123 Å². The summed E-state index contributed by atoms with van der Waals surface area (Å²) < 4.78 is 74.7. The molecule has 0 aromatic heterocycles. The normalized spacial score (nSPS) is 13.0. The SMILES string of the molecule is O=S(=O)(NCC(F)(F)C(F)F)c1cc(Br)ccc1Br. The first-order valence-electron chi connectivity index (χ1n) is 4.67. The summed E-state index contributed by atoms with van der Waals surface area (Å²) in [6.07, 6.45) is -3.94. The fourth-order valence-corrected chi connectivity index (χ4v) is 3.57. The molecule has 0 bridgehead atoms. The zero-order valence-corrected chi connectivity index (χ0v) is 13.0. The molecule has 0 unspecified atom stereocenters. The third-order valence-electron chi connectivity index (χ3n) is 2.00. The van der Waals surface area contributed by atoms with E-state index in [1.54, 1.807) is 0 Å². The smallest absolute Gasteiger partial charge is 0.207 e. The van der Waals surface area contributed by atoms with Crippen LogP contribution < -0.4 is 4.72 Å². The van der Waals surface area contributed by atoms with Crippen LogP contribution in [0, 0.1) is 0 Å². The van der Waals surface area contributed by atoms with Gasteiger partial charge < -0.3 is 0 Å². The number of nitrogens with one attached hydrogen (secondary N) is 1. The van der Waals surface area contributed by atoms with Gasteiger partial charge in [-0.1, -0.05) is 15.9 Å². The molecule has 0 spiro atoms. The van der Waals surface area contributed by atoms with Crippen molar-refractivity contribution in [2.75, 3.05) is 6.54 Å². The molecule has 0 saturated carbocycles. The Morgan fingerprint density at radius 3 is 2.37 bits per heavy atom. The van der Waals surface area contributed by atoms with Crippen LogP contribution in [0.4, 0.5) is 17.6 Å². The van der Waals surface area contributed by atoms with Crippen LogP contribution in [0.5, 0.6) is 0 Å². The molecule has 1 N–H and O–H groups in total. The van der Waals surface area contributed by atoms with Crippen molar-refractivity contribution in [3.05, 3.63) is 27.1 Å². The van der Waals surface area contributed by atoms with Crippen molar-refractivity contribution in [2.45, 2.75) is 17.2 Å². The van der Waals surface area contributed by atoms with E-state index in [-0.39, 0.29) is 9.37 Å². The minimum absolute atomic E-state index is 0.128. The standard InChI is InChI=1S/C9H7Br2F4NO2S/c10-5-1-2-6(11)7(3-5)19(17,18)16-4-9(14,15)8(12)13/h1-3,8,16H,4H2. The largest absolute Gasteiger partial charge is 0.320 e. The van der Waals surface area contributed by atoms with E-state index in [0.717, 1.165) is 6.07 Å². The van der Waals surface area contributed by atoms with Gasteiger partial charge in [-0.05, 0) is 34.1 Å². The predicted molar refractivity (Wildman–Crippen MR) is 68.0 cm³/mol. The van der Waals surface area contributed by atoms with Crippen LogP contribution >= 0.6 is 31.9 Å². The van der Waals surface area contributed by atoms with Crippen LogP contribution in [0.25, 0.3) is 0 Å². The molecule has 0 amide bonds. The molecule has 0 radical (unpaired) electrons. The quantitative estimate of drug-likeness (QED) is 0.730. The lowest BCUT2D eigenvalue weighted by Gasteiger charge is -2.16. The van der Waals surface area contributed by atoms with E-state index in [9.17, 15) is 26.0 Å². The fourth-order valence-electron chi connectivity index (χ4n) is 1.03. The lowest BCUT2D eigenvalue weighted by Crippen LogP contribution is -2.41. The number of alkyl halides is 4. The molecule has 19 heavy (non-hydrogen) atoms. The molecule has 10 heteroatoms. The number of sulfonamides is 1. The highest BCUT2D eigenvalue weighted by atomic mass is 79.9. The minimum Gasteiger partial charge on any atom is -0.207 e. The summed E-state index contributed by atoms with van der Waals surface area (Å²) in [7, 11) is -4.32. The van der Waals surface area contributed by atoms with Crippen molar-refractivity contribution >= 4 is 41.9 Å². The van der Waals surface area contributed by atoms with Gasteiger partial charge in [0.05, 0.1) is 11.4 Å². The van der Waals surface area contributed by atoms with E-state index in [0.29, 0.717) is 4.47 Å². The van der Waals surface area contributed by atoms with E-state index in [1.807, 2.05) is 0 Å². The van der Waals surface area contributed by atoms with Crippen LogP contribution in [0.15, 0.2) is 32.0 Å². The highest BCUT2D eigenvalue weighted by molar-refractivity contribution is 9.11. The average molecular weight is 429 g/mol. The highest BCUT2D eigenvalue weighted by Crippen LogP contribution is 2.27. The van der Waals surface area contributed by atoms with Gasteiger partial charge in [0.2, 0.25) is 10.0 Å². The van der Waals surface area contributed by atoms with Gasteiger partial charge in [0.25, 0.3) is 0 Å². The van der Waals surface area contributed by atoms with E-state index >= 15 is 0 Å². The maximum absolute atomic E-state index is 12.7. The van der Waals surface area contributed by atoms with Crippen molar-refractivity contribution in [3.8, 4) is 0 Å². The second-order valence-electron chi connectivity index (χ2n) is 3.46. The van der Waals surface area contributed by atoms with E-state index in [2.05, 4.69) is 31.9 Å². The molecule has 108 valence electrons. The number of rotatable bonds is 5. The zero-order chi connectivity index (χ0) is 14.8. The molecule has 0 aliphatic rings. The second kappa shape index (κ2) is 6.06. The van der Waals surface area contributed by atoms with Crippen molar-refractivity contribution in [1.82, 2.24) is 4.72 Å². The molecule has 0 fully saturated rings. The molecule has 1 aromatic rings. The second-order valence-corrected chi connectivity index (χ2v) is 6.97. The van der Waals surface area contributed by atoms with Gasteiger partial charge in [-0.3, -0.25) is 0 Å². The van der Waals surface area contributed by atoms with Gasteiger partial charge in [-0.15, -0.1) is 0 Å². The van der Waals surface area contributed by atoms with Gasteiger partial charge in [-0.2, -0.15) is 8.78 Å². The summed E-state index contributed by atoms with van der Waals surface area (Å²) in [5.41, 5.74) is 0. The van der Waals surface area contributed by atoms with Crippen molar-refractivity contribution in [1.29, 1.82) is 0 Å². The Morgan fingerprint density at radius 2 is 1.84 bits per heavy atom. The predicted octanol–water partition coefficient (Wildman–Crippen LogP) is 3.39. The fraction of sp³-hybridized carbons (Fsp3) is 0.333. The van der Waals surface area contributed by atoms with Gasteiger partial charge in [0, 0.05) is 8.95 Å². The number of benzene rings is 1. The zero-order valence-electron chi connectivity index (χ0n) is 9.01. The van der Waals surface area contributed by atoms with Crippen molar-refractivity contribution in [2.24, 2.45) is 0 Å². The summed E-state index contributed by atoms with van der Waals surface area (Å²) >= 11 is 5.96. The molecule has 3 nitrogen and oxygen atoms in total. The summed E-state index contributed by atoms with van der Waals surface area (Å²) in [6, 6.07) is 4.06. The van der Waals surface area contributed by atoms with Crippen molar-refractivity contribution in [3.63, 3.8) is 0 Å². The summed E-state index contributed by atoms with van der Waals surface area (Å²) in [6.45, 7) is -1.67. The molecular weight excluding hydrogens is 422 g/mol. The summed E-state index contributed by atoms with van der Waals surface area (Å²) in [5, 5.41) is 0. The molecule has 0 aliphatic heterocycles. The van der Waals surface area contributed by atoms with E-state index in [1.165, 1.54) is 16.9 Å². The Balaban J connectivity index is 2.97. The van der Waals surface area contributed by atoms with Crippen LogP contribution in [0.3, 0.4) is 0 Å². The molecule has 1 rings (SSSR count). The van der Waals surface area contributed by atoms with Crippen LogP contribution in [-0.2, 0) is 10.0 Å². The first-order valence-corrected chi connectivity index (χ1v) is 7.74. The van der Waals surface area contributed by atoms with Crippen LogP contribution in [0.2, 0.25) is 0 Å². The molecule has 1 aromatic carbocycles. The average Bonchev–Trinajstić information content (AvgIpc) is 2.30. The third-order valence-corrected chi connectivity index (χ3v) is 4.89. The lowest BCUT2D eigenvalue weighted by molar-refractivity contribution is -0.122. The molecule has 0 heterocycles. The summed E-state index contributed by atoms with van der Waals surface area (Å²) in [4.78, 5) is -0.327. The Morgan fingerprint density at radius 1 is 1.26 bits per heavy atom. The Kier molecular flexibility index (Phi) is 5.38. The van der Waals surface area contributed by atoms with E-state index < -0.39 is 28.9 Å². The van der Waals surface area contributed by atoms with Crippen molar-refractivity contribution < 1.29 is 26.0 Å². The number of hydrogen-bond acceptors (Lipinski definition) is 2. The monoisotopic (exact) mass is 427 g/mol. The first kappa shape index (κ1) is 16.9. The number of hydrogen-bond donors (Lipinski definition) is 1. The van der Waals surface area contributed by atoms with Crippen LogP contribution in [0.1, 0.15) is 0 Å². The number of halogens is 6. The maximum atomic E-state index is 12.7. The topological polar surface area (TPSA) is 46.2 Å². The summed E-state index contributed by atoms with van der Waals surface area (Å²) in [5.74, 6) is -4.43. The van der Waals surface area contributed by atoms with Crippen LogP contribution in [-0.4, -0.2) is 27.3 Å². The van der Waals surface area contributed by atoms with Gasteiger partial charge in [0.15, 0.2) is 0 Å². The lowest BCUT2D eigenvalue weighted by atomic mass is 10.4. The van der Waals surface area contributed by atoms with Gasteiger partial charge >= 0.3 is 12.3 Å². The van der Waals surface area contributed by atoms with E-state index in [4.69, 9.17) is 0 Å². The minimum atomic E-state index is -4.43. The Bertz CT molecular complexity index is 565. The van der Waals surface area contributed by atoms with Gasteiger partial charge in [0.1, 0.15) is 0 Å². The van der Waals surface area contributed by atoms with Gasteiger partial charge in [-0.25, -0.2) is 21.9 Å². The highest BCUT2D eigenvalue weighted by Gasteiger charge is 2.41. The Hall–Kier alpha value is -0.190. The third kappa shape index (κ3) is 4.40. The molecule has 0 atom stereocenters. The molecule has 0 aliphatic carbocycles. The first-order chi connectivity index (χ1) is 8.56. The molecular formula is C9H7Br2F4NO2S. The maximum Gasteiger partial charge on any atom is 0.320 e.